The Bertz CT molecular complexity index is 627. The Morgan fingerprint density at radius 1 is 1.12 bits per heavy atom. The van der Waals surface area contributed by atoms with Crippen molar-refractivity contribution in [1.82, 2.24) is 0 Å². The van der Waals surface area contributed by atoms with Crippen molar-refractivity contribution < 1.29 is 22.6 Å². The molecule has 0 amide bonds. The Hall–Kier alpha value is -1.65. The first kappa shape index (κ1) is 19.1. The van der Waals surface area contributed by atoms with Gasteiger partial charge in [-0.1, -0.05) is 31.1 Å². The molecule has 2 aliphatic carbocycles. The van der Waals surface area contributed by atoms with Crippen molar-refractivity contribution in [1.29, 1.82) is 0 Å². The zero-order chi connectivity index (χ0) is 18.6. The number of aryl methyl sites for hydroxylation is 1. The Morgan fingerprint density at radius 3 is 2.50 bits per heavy atom. The Balaban J connectivity index is 1.70. The first-order valence-electron chi connectivity index (χ1n) is 9.60. The van der Waals surface area contributed by atoms with Crippen LogP contribution in [0.15, 0.2) is 24.3 Å². The lowest BCUT2D eigenvalue weighted by Gasteiger charge is -2.19. The van der Waals surface area contributed by atoms with Crippen LogP contribution in [0, 0.1) is 18.8 Å². The molecule has 144 valence electrons. The van der Waals surface area contributed by atoms with E-state index in [4.69, 9.17) is 4.74 Å². The van der Waals surface area contributed by atoms with E-state index in [2.05, 4.69) is 16.9 Å². The summed E-state index contributed by atoms with van der Waals surface area (Å²) in [5.74, 6) is 1.16. The number of hydrogen-bond donors (Lipinski definition) is 0. The summed E-state index contributed by atoms with van der Waals surface area (Å²) in [5, 5.41) is 0. The van der Waals surface area contributed by atoms with Crippen LogP contribution in [0.2, 0.25) is 0 Å². The summed E-state index contributed by atoms with van der Waals surface area (Å²) in [7, 11) is 0. The molecular formula is C21H27F3O2. The molecule has 0 N–H and O–H groups in total. The fourth-order valence-corrected chi connectivity index (χ4v) is 3.54. The summed E-state index contributed by atoms with van der Waals surface area (Å²) in [4.78, 5) is 0. The van der Waals surface area contributed by atoms with Crippen LogP contribution in [0.5, 0.6) is 11.5 Å². The fraction of sp³-hybridized carbons (Fsp3) is 0.619. The van der Waals surface area contributed by atoms with Crippen molar-refractivity contribution in [2.45, 2.75) is 64.7 Å². The topological polar surface area (TPSA) is 18.5 Å². The lowest BCUT2D eigenvalue weighted by molar-refractivity contribution is -0.275. The molecule has 0 unspecified atom stereocenters. The molecule has 2 aliphatic rings. The van der Waals surface area contributed by atoms with Gasteiger partial charge in [0, 0.05) is 0 Å². The molecule has 0 spiro atoms. The van der Waals surface area contributed by atoms with Crippen molar-refractivity contribution in [2.75, 3.05) is 6.61 Å². The molecule has 0 atom stereocenters. The van der Waals surface area contributed by atoms with Gasteiger partial charge in [0.2, 0.25) is 0 Å². The molecule has 2 nitrogen and oxygen atoms in total. The average molecular weight is 368 g/mol. The monoisotopic (exact) mass is 368 g/mol. The molecule has 2 fully saturated rings. The number of ether oxygens (including phenoxy) is 2. The molecule has 0 aromatic heterocycles. The maximum Gasteiger partial charge on any atom is 0.573 e. The third kappa shape index (κ3) is 5.68. The number of rotatable bonds is 8. The standard InChI is InChI=1S/C21H27F3O2/c1-15-18(9-5-4-6-16-10-11-16)12-13-19(20(15)26-21(22,23)24)25-14-17-7-2-3-8-17/h4,6,12-13,16-17H,2-3,5,7-11,14H2,1H3/b6-4+. The quantitative estimate of drug-likeness (QED) is 0.497. The molecule has 26 heavy (non-hydrogen) atoms. The largest absolute Gasteiger partial charge is 0.573 e. The van der Waals surface area contributed by atoms with Crippen molar-refractivity contribution >= 4 is 0 Å². The SMILES string of the molecule is Cc1c(CC/C=C/C2CC2)ccc(OCC2CCCC2)c1OC(F)(F)F. The minimum atomic E-state index is -4.72. The number of hydrogen-bond acceptors (Lipinski definition) is 2. The van der Waals surface area contributed by atoms with Gasteiger partial charge in [-0.25, -0.2) is 0 Å². The second-order valence-corrected chi connectivity index (χ2v) is 7.49. The third-order valence-corrected chi connectivity index (χ3v) is 5.26. The summed E-state index contributed by atoms with van der Waals surface area (Å²) in [6.07, 6.45) is 8.17. The fourth-order valence-electron chi connectivity index (χ4n) is 3.54. The second kappa shape index (κ2) is 8.36. The van der Waals surface area contributed by atoms with Gasteiger partial charge in [-0.2, -0.15) is 0 Å². The van der Waals surface area contributed by atoms with E-state index >= 15 is 0 Å². The molecule has 0 radical (unpaired) electrons. The molecule has 1 aromatic rings. The van der Waals surface area contributed by atoms with Crippen LogP contribution in [-0.4, -0.2) is 13.0 Å². The number of alkyl halides is 3. The predicted octanol–water partition coefficient (Wildman–Crippen LogP) is 6.36. The van der Waals surface area contributed by atoms with E-state index in [0.717, 1.165) is 24.8 Å². The summed E-state index contributed by atoms with van der Waals surface area (Å²) in [6.45, 7) is 2.14. The smallest absolute Gasteiger partial charge is 0.489 e. The van der Waals surface area contributed by atoms with E-state index < -0.39 is 6.36 Å². The number of allylic oxidation sites excluding steroid dienone is 2. The Morgan fingerprint density at radius 2 is 1.85 bits per heavy atom. The molecule has 0 aliphatic heterocycles. The minimum Gasteiger partial charge on any atom is -0.489 e. The van der Waals surface area contributed by atoms with Crippen LogP contribution in [0.1, 0.15) is 56.1 Å². The van der Waals surface area contributed by atoms with Crippen molar-refractivity contribution in [2.24, 2.45) is 11.8 Å². The third-order valence-electron chi connectivity index (χ3n) is 5.26. The van der Waals surface area contributed by atoms with Crippen LogP contribution in [0.25, 0.3) is 0 Å². The van der Waals surface area contributed by atoms with Gasteiger partial charge < -0.3 is 9.47 Å². The van der Waals surface area contributed by atoms with Gasteiger partial charge >= 0.3 is 6.36 Å². The van der Waals surface area contributed by atoms with Gasteiger partial charge in [-0.05, 0) is 74.5 Å². The normalized spacial score (nSPS) is 18.6. The maximum atomic E-state index is 12.9. The lowest BCUT2D eigenvalue weighted by Crippen LogP contribution is -2.19. The van der Waals surface area contributed by atoms with Gasteiger partial charge in [0.25, 0.3) is 0 Å². The Kier molecular flexibility index (Phi) is 6.15. The van der Waals surface area contributed by atoms with Gasteiger partial charge in [-0.15, -0.1) is 13.2 Å². The van der Waals surface area contributed by atoms with Crippen molar-refractivity contribution in [3.8, 4) is 11.5 Å². The van der Waals surface area contributed by atoms with E-state index in [1.54, 1.807) is 13.0 Å². The molecule has 0 heterocycles. The van der Waals surface area contributed by atoms with Gasteiger partial charge in [-0.3, -0.25) is 0 Å². The number of halogens is 3. The zero-order valence-electron chi connectivity index (χ0n) is 15.3. The van der Waals surface area contributed by atoms with Crippen molar-refractivity contribution in [3.63, 3.8) is 0 Å². The van der Waals surface area contributed by atoms with E-state index in [9.17, 15) is 13.2 Å². The lowest BCUT2D eigenvalue weighted by atomic mass is 10.0. The summed E-state index contributed by atoms with van der Waals surface area (Å²) >= 11 is 0. The average Bonchev–Trinajstić information content (AvgIpc) is 3.25. The second-order valence-electron chi connectivity index (χ2n) is 7.49. The van der Waals surface area contributed by atoms with Gasteiger partial charge in [0.1, 0.15) is 0 Å². The van der Waals surface area contributed by atoms with E-state index in [0.29, 0.717) is 30.4 Å². The summed E-state index contributed by atoms with van der Waals surface area (Å²) < 4.78 is 48.7. The van der Waals surface area contributed by atoms with E-state index in [1.165, 1.54) is 25.7 Å². The highest BCUT2D eigenvalue weighted by molar-refractivity contribution is 5.50. The van der Waals surface area contributed by atoms with E-state index in [1.807, 2.05) is 6.07 Å². The van der Waals surface area contributed by atoms with Gasteiger partial charge in [0.05, 0.1) is 6.61 Å². The minimum absolute atomic E-state index is 0.181. The molecule has 0 saturated heterocycles. The highest BCUT2D eigenvalue weighted by atomic mass is 19.4. The number of benzene rings is 1. The molecular weight excluding hydrogens is 341 g/mol. The van der Waals surface area contributed by atoms with Crippen LogP contribution >= 0.6 is 0 Å². The first-order chi connectivity index (χ1) is 12.4. The highest BCUT2D eigenvalue weighted by Gasteiger charge is 2.34. The van der Waals surface area contributed by atoms with Crippen LogP contribution in [0.3, 0.4) is 0 Å². The summed E-state index contributed by atoms with van der Waals surface area (Å²) in [5.41, 5.74) is 1.39. The highest BCUT2D eigenvalue weighted by Crippen LogP contribution is 2.38. The Labute approximate surface area is 153 Å². The van der Waals surface area contributed by atoms with Crippen LogP contribution < -0.4 is 9.47 Å². The molecule has 0 bridgehead atoms. The maximum absolute atomic E-state index is 12.9. The van der Waals surface area contributed by atoms with Crippen molar-refractivity contribution in [3.05, 3.63) is 35.4 Å². The van der Waals surface area contributed by atoms with Crippen LogP contribution in [-0.2, 0) is 6.42 Å². The predicted molar refractivity (Wildman–Crippen MR) is 95.5 cm³/mol. The van der Waals surface area contributed by atoms with Crippen LogP contribution in [0.4, 0.5) is 13.2 Å². The molecule has 3 rings (SSSR count). The van der Waals surface area contributed by atoms with Gasteiger partial charge in [0.15, 0.2) is 11.5 Å². The first-order valence-corrected chi connectivity index (χ1v) is 9.60. The zero-order valence-corrected chi connectivity index (χ0v) is 15.3. The van der Waals surface area contributed by atoms with E-state index in [-0.39, 0.29) is 11.5 Å². The molecule has 2 saturated carbocycles. The summed E-state index contributed by atoms with van der Waals surface area (Å²) in [6, 6.07) is 3.50. The molecule has 1 aromatic carbocycles. The molecule has 5 heteroatoms.